The van der Waals surface area contributed by atoms with Crippen LogP contribution in [0, 0.1) is 11.3 Å². The Balaban J connectivity index is 3.50. The van der Waals surface area contributed by atoms with Crippen LogP contribution in [-0.2, 0) is 0 Å². The highest BCUT2D eigenvalue weighted by molar-refractivity contribution is 7.80. The monoisotopic (exact) mass is 288 g/mol. The van der Waals surface area contributed by atoms with Crippen molar-refractivity contribution in [1.82, 2.24) is 0 Å². The van der Waals surface area contributed by atoms with Gasteiger partial charge in [-0.2, -0.15) is 5.26 Å². The number of nitrogens with two attached hydrogens (primary N) is 1. The van der Waals surface area contributed by atoms with Crippen molar-refractivity contribution in [3.05, 3.63) is 34.4 Å². The van der Waals surface area contributed by atoms with Crippen LogP contribution in [0.1, 0.15) is 56.2 Å². The Labute approximate surface area is 125 Å². The van der Waals surface area contributed by atoms with Gasteiger partial charge in [0.15, 0.2) is 0 Å². The van der Waals surface area contributed by atoms with Crippen molar-refractivity contribution in [1.29, 1.82) is 5.26 Å². The van der Waals surface area contributed by atoms with Crippen LogP contribution in [0.25, 0.3) is 6.08 Å². The third-order valence-electron chi connectivity index (χ3n) is 3.13. The molecule has 0 saturated carbocycles. The van der Waals surface area contributed by atoms with Gasteiger partial charge in [0.1, 0.15) is 16.8 Å². The molecular weight excluding hydrogens is 268 g/mol. The van der Waals surface area contributed by atoms with E-state index in [0.717, 1.165) is 16.7 Å². The molecule has 0 aromatic heterocycles. The number of aromatic hydroxyl groups is 1. The molecule has 0 amide bonds. The summed E-state index contributed by atoms with van der Waals surface area (Å²) in [5.41, 5.74) is 8.35. The average molecular weight is 288 g/mol. The van der Waals surface area contributed by atoms with Crippen LogP contribution < -0.4 is 5.73 Å². The Morgan fingerprint density at radius 2 is 1.70 bits per heavy atom. The van der Waals surface area contributed by atoms with E-state index in [1.807, 2.05) is 45.9 Å². The molecule has 0 heterocycles. The van der Waals surface area contributed by atoms with Crippen molar-refractivity contribution in [2.75, 3.05) is 0 Å². The standard InChI is InChI=1S/C16H20N2OS/c1-9(2)13-6-11(5-12(8-17)16(18)20)7-14(10(3)4)15(13)19/h5-7,9-10,19H,1-4H3,(H2,18,20). The molecule has 1 aromatic rings. The van der Waals surface area contributed by atoms with Crippen LogP contribution in [-0.4, -0.2) is 10.1 Å². The molecule has 0 spiro atoms. The fourth-order valence-corrected chi connectivity index (χ4v) is 2.10. The number of phenols is 1. The third kappa shape index (κ3) is 3.58. The van der Waals surface area contributed by atoms with E-state index in [1.165, 1.54) is 0 Å². The highest BCUT2D eigenvalue weighted by Crippen LogP contribution is 2.35. The molecule has 1 aromatic carbocycles. The van der Waals surface area contributed by atoms with Gasteiger partial charge in [-0.15, -0.1) is 0 Å². The molecule has 0 aliphatic carbocycles. The number of benzene rings is 1. The van der Waals surface area contributed by atoms with Gasteiger partial charge in [0.2, 0.25) is 0 Å². The lowest BCUT2D eigenvalue weighted by Crippen LogP contribution is -2.09. The van der Waals surface area contributed by atoms with Gasteiger partial charge in [-0.05, 0) is 46.7 Å². The van der Waals surface area contributed by atoms with E-state index in [1.54, 1.807) is 6.08 Å². The predicted molar refractivity (Wildman–Crippen MR) is 86.7 cm³/mol. The molecule has 1 rings (SSSR count). The Bertz CT molecular complexity index is 566. The fraction of sp³-hybridized carbons (Fsp3) is 0.375. The van der Waals surface area contributed by atoms with E-state index in [0.29, 0.717) is 5.75 Å². The Morgan fingerprint density at radius 1 is 1.25 bits per heavy atom. The maximum absolute atomic E-state index is 10.3. The molecule has 0 radical (unpaired) electrons. The van der Waals surface area contributed by atoms with E-state index < -0.39 is 0 Å². The van der Waals surface area contributed by atoms with Crippen molar-refractivity contribution >= 4 is 23.3 Å². The zero-order valence-electron chi connectivity index (χ0n) is 12.3. The molecule has 3 N–H and O–H groups in total. The van der Waals surface area contributed by atoms with Gasteiger partial charge in [0.05, 0.1) is 5.57 Å². The molecule has 0 unspecified atom stereocenters. The van der Waals surface area contributed by atoms with Crippen LogP contribution in [0.3, 0.4) is 0 Å². The van der Waals surface area contributed by atoms with Gasteiger partial charge < -0.3 is 10.8 Å². The number of nitrogens with zero attached hydrogens (tertiary/aromatic N) is 1. The summed E-state index contributed by atoms with van der Waals surface area (Å²) in [5.74, 6) is 0.716. The van der Waals surface area contributed by atoms with Gasteiger partial charge in [0, 0.05) is 0 Å². The van der Waals surface area contributed by atoms with Gasteiger partial charge in [0.25, 0.3) is 0 Å². The second kappa shape index (κ2) is 6.53. The first-order valence-corrected chi connectivity index (χ1v) is 6.97. The highest BCUT2D eigenvalue weighted by Gasteiger charge is 2.15. The lowest BCUT2D eigenvalue weighted by Gasteiger charge is -2.16. The van der Waals surface area contributed by atoms with E-state index in [-0.39, 0.29) is 22.4 Å². The van der Waals surface area contributed by atoms with Gasteiger partial charge in [-0.3, -0.25) is 0 Å². The molecule has 3 nitrogen and oxygen atoms in total. The van der Waals surface area contributed by atoms with Crippen molar-refractivity contribution < 1.29 is 5.11 Å². The number of hydrogen-bond acceptors (Lipinski definition) is 3. The maximum atomic E-state index is 10.3. The molecule has 0 bridgehead atoms. The number of phenolic OH excluding ortho intramolecular Hbond substituents is 1. The van der Waals surface area contributed by atoms with Crippen molar-refractivity contribution in [2.24, 2.45) is 5.73 Å². The highest BCUT2D eigenvalue weighted by atomic mass is 32.1. The number of nitriles is 1. The van der Waals surface area contributed by atoms with Crippen LogP contribution in [0.15, 0.2) is 17.7 Å². The average Bonchev–Trinajstić information content (AvgIpc) is 2.36. The van der Waals surface area contributed by atoms with Crippen molar-refractivity contribution in [3.63, 3.8) is 0 Å². The van der Waals surface area contributed by atoms with Gasteiger partial charge >= 0.3 is 0 Å². The topological polar surface area (TPSA) is 70.0 Å². The molecule has 0 aliphatic heterocycles. The van der Waals surface area contributed by atoms with Crippen LogP contribution >= 0.6 is 12.2 Å². The molecule has 0 fully saturated rings. The van der Waals surface area contributed by atoms with E-state index in [2.05, 4.69) is 0 Å². The zero-order valence-corrected chi connectivity index (χ0v) is 13.1. The van der Waals surface area contributed by atoms with Crippen molar-refractivity contribution in [2.45, 2.75) is 39.5 Å². The van der Waals surface area contributed by atoms with Crippen LogP contribution in [0.2, 0.25) is 0 Å². The maximum Gasteiger partial charge on any atom is 0.122 e. The van der Waals surface area contributed by atoms with Crippen LogP contribution in [0.4, 0.5) is 0 Å². The summed E-state index contributed by atoms with van der Waals surface area (Å²) in [6.45, 7) is 8.08. The van der Waals surface area contributed by atoms with E-state index >= 15 is 0 Å². The molecule has 0 atom stereocenters. The summed E-state index contributed by atoms with van der Waals surface area (Å²) >= 11 is 4.85. The summed E-state index contributed by atoms with van der Waals surface area (Å²) in [7, 11) is 0. The van der Waals surface area contributed by atoms with Crippen LogP contribution in [0.5, 0.6) is 5.75 Å². The minimum absolute atomic E-state index is 0.0813. The number of thiocarbonyl (C=S) groups is 1. The summed E-state index contributed by atoms with van der Waals surface area (Å²) in [5, 5.41) is 19.4. The Hall–Kier alpha value is -1.86. The van der Waals surface area contributed by atoms with E-state index in [9.17, 15) is 5.11 Å². The lowest BCUT2D eigenvalue weighted by atomic mass is 9.91. The second-order valence-corrected chi connectivity index (χ2v) is 5.83. The molecule has 4 heteroatoms. The summed E-state index contributed by atoms with van der Waals surface area (Å²) in [4.78, 5) is 0.0813. The predicted octanol–water partition coefficient (Wildman–Crippen LogP) is 3.83. The number of rotatable bonds is 4. The molecule has 106 valence electrons. The molecule has 20 heavy (non-hydrogen) atoms. The normalized spacial score (nSPS) is 11.8. The SMILES string of the molecule is CC(C)c1cc(C=C(C#N)C(N)=S)cc(C(C)C)c1O. The summed E-state index contributed by atoms with van der Waals surface area (Å²) in [6.07, 6.45) is 1.67. The summed E-state index contributed by atoms with van der Waals surface area (Å²) in [6, 6.07) is 5.75. The molecule has 0 saturated heterocycles. The first-order chi connectivity index (χ1) is 9.27. The van der Waals surface area contributed by atoms with Crippen molar-refractivity contribution in [3.8, 4) is 11.8 Å². The van der Waals surface area contributed by atoms with E-state index in [4.69, 9.17) is 23.2 Å². The number of hydrogen-bond donors (Lipinski definition) is 2. The quantitative estimate of drug-likeness (QED) is 0.502. The Morgan fingerprint density at radius 3 is 2.00 bits per heavy atom. The molecule has 0 aliphatic rings. The minimum atomic E-state index is 0.0813. The smallest absolute Gasteiger partial charge is 0.122 e. The lowest BCUT2D eigenvalue weighted by molar-refractivity contribution is 0.454. The van der Waals surface area contributed by atoms with Gasteiger partial charge in [-0.1, -0.05) is 39.9 Å². The van der Waals surface area contributed by atoms with Gasteiger partial charge in [-0.25, -0.2) is 0 Å². The first-order valence-electron chi connectivity index (χ1n) is 6.56. The fourth-order valence-electron chi connectivity index (χ4n) is 1.99. The Kier molecular flexibility index (Phi) is 5.29. The minimum Gasteiger partial charge on any atom is -0.507 e. The second-order valence-electron chi connectivity index (χ2n) is 5.39. The zero-order chi connectivity index (χ0) is 15.4. The first kappa shape index (κ1) is 16.2. The third-order valence-corrected chi connectivity index (χ3v) is 3.35. The summed E-state index contributed by atoms with van der Waals surface area (Å²) < 4.78 is 0. The largest absolute Gasteiger partial charge is 0.507 e. The molecular formula is C16H20N2OS.